The normalized spacial score (nSPS) is 18.6. The number of aromatic nitrogens is 2. The molecule has 0 saturated carbocycles. The summed E-state index contributed by atoms with van der Waals surface area (Å²) in [6, 6.07) is 2.32. The molecule has 7 nitrogen and oxygen atoms in total. The molecule has 0 bridgehead atoms. The molecule has 1 unspecified atom stereocenters. The Morgan fingerprint density at radius 1 is 1.03 bits per heavy atom. The first-order valence-corrected chi connectivity index (χ1v) is 12.2. The number of halogens is 5. The second-order valence-electron chi connectivity index (χ2n) is 7.52. The molecule has 0 radical (unpaired) electrons. The molecule has 34 heavy (non-hydrogen) atoms. The smallest absolute Gasteiger partial charge is 0.266 e. The first-order valence-electron chi connectivity index (χ1n) is 9.92. The van der Waals surface area contributed by atoms with Gasteiger partial charge in [-0.3, -0.25) is 4.72 Å². The standard InChI is InChI=1S/C20H17F5N4O3S2/c21-13-4-15(23)14(22)3-12(13)11-1-2-26-7-10(11)8-32-18-5-17(25)19(6-16(18)24)34(30,31)29-20-27-9-28-33-20/h3-6,9-11,26H,1-2,7-8H2,(H,27,28,29)/t10-,11?/m0/s1. The highest BCUT2D eigenvalue weighted by molar-refractivity contribution is 7.93. The van der Waals surface area contributed by atoms with Crippen molar-refractivity contribution in [2.45, 2.75) is 17.2 Å². The van der Waals surface area contributed by atoms with Crippen LogP contribution in [0.2, 0.25) is 0 Å². The molecule has 2 N–H and O–H groups in total. The van der Waals surface area contributed by atoms with Crippen molar-refractivity contribution in [3.8, 4) is 5.75 Å². The van der Waals surface area contributed by atoms with E-state index < -0.39 is 61.6 Å². The maximum Gasteiger partial charge on any atom is 0.266 e. The Labute approximate surface area is 195 Å². The quantitative estimate of drug-likeness (QED) is 0.364. The highest BCUT2D eigenvalue weighted by Crippen LogP contribution is 2.34. The van der Waals surface area contributed by atoms with E-state index in [0.717, 1.165) is 12.4 Å². The maximum atomic E-state index is 14.6. The molecule has 2 heterocycles. The third kappa shape index (κ3) is 5.13. The molecular weight excluding hydrogens is 503 g/mol. The van der Waals surface area contributed by atoms with Gasteiger partial charge >= 0.3 is 0 Å². The SMILES string of the molecule is O=S(=O)(Nc1ncns1)c1cc(F)c(OC[C@@H]2CNCCC2c2cc(F)c(F)cc2F)cc1F. The summed E-state index contributed by atoms with van der Waals surface area (Å²) in [5.41, 5.74) is -0.0372. The number of nitrogens with one attached hydrogen (secondary N) is 2. The molecule has 1 aliphatic heterocycles. The minimum absolute atomic E-state index is 0.0372. The van der Waals surface area contributed by atoms with Crippen molar-refractivity contribution in [2.24, 2.45) is 5.92 Å². The third-order valence-electron chi connectivity index (χ3n) is 5.36. The fourth-order valence-corrected chi connectivity index (χ4v) is 5.47. The van der Waals surface area contributed by atoms with Crippen molar-refractivity contribution < 1.29 is 35.1 Å². The molecule has 14 heteroatoms. The second kappa shape index (κ2) is 9.80. The van der Waals surface area contributed by atoms with Gasteiger partial charge in [0.05, 0.1) is 6.61 Å². The van der Waals surface area contributed by atoms with Gasteiger partial charge in [-0.1, -0.05) is 0 Å². The molecule has 0 spiro atoms. The summed E-state index contributed by atoms with van der Waals surface area (Å²) in [4.78, 5) is 2.68. The third-order valence-corrected chi connectivity index (χ3v) is 7.42. The summed E-state index contributed by atoms with van der Waals surface area (Å²) in [5.74, 6) is -7.43. The van der Waals surface area contributed by atoms with Gasteiger partial charge < -0.3 is 10.1 Å². The molecule has 0 amide bonds. The van der Waals surface area contributed by atoms with Crippen molar-refractivity contribution >= 4 is 26.7 Å². The van der Waals surface area contributed by atoms with Gasteiger partial charge in [0.1, 0.15) is 22.9 Å². The fourth-order valence-electron chi connectivity index (χ4n) is 3.74. The molecule has 2 aromatic carbocycles. The van der Waals surface area contributed by atoms with Crippen LogP contribution in [0.4, 0.5) is 27.1 Å². The molecule has 1 aliphatic rings. The Kier molecular flexibility index (Phi) is 7.00. The van der Waals surface area contributed by atoms with Crippen molar-refractivity contribution in [1.29, 1.82) is 0 Å². The summed E-state index contributed by atoms with van der Waals surface area (Å²) >= 11 is 0.713. The van der Waals surface area contributed by atoms with Crippen LogP contribution >= 0.6 is 11.5 Å². The zero-order chi connectivity index (χ0) is 24.5. The summed E-state index contributed by atoms with van der Waals surface area (Å²) in [7, 11) is -4.48. The summed E-state index contributed by atoms with van der Waals surface area (Å²) in [6.07, 6.45) is 1.47. The highest BCUT2D eigenvalue weighted by atomic mass is 32.2. The van der Waals surface area contributed by atoms with Crippen LogP contribution in [0.3, 0.4) is 0 Å². The van der Waals surface area contributed by atoms with Crippen LogP contribution in [-0.2, 0) is 10.0 Å². The minimum atomic E-state index is -4.48. The Balaban J connectivity index is 1.52. The van der Waals surface area contributed by atoms with Gasteiger partial charge in [-0.25, -0.2) is 35.4 Å². The second-order valence-corrected chi connectivity index (χ2v) is 9.95. The zero-order valence-corrected chi connectivity index (χ0v) is 18.8. The fraction of sp³-hybridized carbons (Fsp3) is 0.300. The Morgan fingerprint density at radius 2 is 1.79 bits per heavy atom. The van der Waals surface area contributed by atoms with Crippen LogP contribution in [0, 0.1) is 35.0 Å². The predicted molar refractivity (Wildman–Crippen MR) is 113 cm³/mol. The summed E-state index contributed by atoms with van der Waals surface area (Å²) in [5, 5.41) is 2.93. The molecule has 0 aliphatic carbocycles. The zero-order valence-electron chi connectivity index (χ0n) is 17.2. The van der Waals surface area contributed by atoms with Crippen molar-refractivity contribution in [3.63, 3.8) is 0 Å². The number of ether oxygens (including phenoxy) is 1. The van der Waals surface area contributed by atoms with Gasteiger partial charge in [-0.2, -0.15) is 4.37 Å². The van der Waals surface area contributed by atoms with E-state index in [-0.39, 0.29) is 17.3 Å². The Morgan fingerprint density at radius 3 is 2.53 bits per heavy atom. The van der Waals surface area contributed by atoms with E-state index in [1.54, 1.807) is 0 Å². The lowest BCUT2D eigenvalue weighted by Gasteiger charge is -2.32. The first-order chi connectivity index (χ1) is 16.2. The Hall–Kier alpha value is -2.84. The van der Waals surface area contributed by atoms with E-state index in [0.29, 0.717) is 49.2 Å². The first kappa shape index (κ1) is 24.3. The highest BCUT2D eigenvalue weighted by Gasteiger charge is 2.31. The van der Waals surface area contributed by atoms with E-state index in [1.807, 2.05) is 4.72 Å². The average Bonchev–Trinajstić information content (AvgIpc) is 3.29. The molecular formula is C20H17F5N4O3S2. The largest absolute Gasteiger partial charge is 0.490 e. The van der Waals surface area contributed by atoms with Crippen LogP contribution in [-0.4, -0.2) is 37.5 Å². The van der Waals surface area contributed by atoms with Gasteiger partial charge in [-0.15, -0.1) is 0 Å². The molecule has 1 saturated heterocycles. The predicted octanol–water partition coefficient (Wildman–Crippen LogP) is 3.81. The monoisotopic (exact) mass is 520 g/mol. The lowest BCUT2D eigenvalue weighted by atomic mass is 9.81. The molecule has 2 atom stereocenters. The van der Waals surface area contributed by atoms with Crippen LogP contribution in [0.1, 0.15) is 17.9 Å². The molecule has 1 aromatic heterocycles. The summed E-state index contributed by atoms with van der Waals surface area (Å²) < 4.78 is 106. The number of nitrogens with zero attached hydrogens (tertiary/aromatic N) is 2. The van der Waals surface area contributed by atoms with Gasteiger partial charge in [0, 0.05) is 42.2 Å². The average molecular weight is 521 g/mol. The molecule has 3 aromatic rings. The lowest BCUT2D eigenvalue weighted by Crippen LogP contribution is -2.39. The van der Waals surface area contributed by atoms with Crippen molar-refractivity contribution in [1.82, 2.24) is 14.7 Å². The van der Waals surface area contributed by atoms with Crippen LogP contribution in [0.15, 0.2) is 35.5 Å². The van der Waals surface area contributed by atoms with E-state index in [4.69, 9.17) is 4.74 Å². The minimum Gasteiger partial charge on any atom is -0.490 e. The Bertz CT molecular complexity index is 1290. The van der Waals surface area contributed by atoms with Crippen molar-refractivity contribution in [3.05, 3.63) is 65.2 Å². The number of sulfonamides is 1. The number of piperidine rings is 1. The van der Waals surface area contributed by atoms with Gasteiger partial charge in [0.15, 0.2) is 23.2 Å². The lowest BCUT2D eigenvalue weighted by molar-refractivity contribution is 0.188. The van der Waals surface area contributed by atoms with Crippen LogP contribution in [0.5, 0.6) is 5.75 Å². The number of rotatable bonds is 7. The van der Waals surface area contributed by atoms with Gasteiger partial charge in [0.25, 0.3) is 10.0 Å². The molecule has 4 rings (SSSR count). The molecule has 1 fully saturated rings. The number of benzene rings is 2. The van der Waals surface area contributed by atoms with E-state index in [1.165, 1.54) is 0 Å². The van der Waals surface area contributed by atoms with E-state index >= 15 is 0 Å². The maximum absolute atomic E-state index is 14.6. The van der Waals surface area contributed by atoms with E-state index in [9.17, 15) is 30.4 Å². The van der Waals surface area contributed by atoms with Gasteiger partial charge in [0.2, 0.25) is 5.13 Å². The number of anilines is 1. The molecule has 182 valence electrons. The summed E-state index contributed by atoms with van der Waals surface area (Å²) in [6.45, 7) is 0.559. The van der Waals surface area contributed by atoms with Crippen LogP contribution in [0.25, 0.3) is 0 Å². The topological polar surface area (TPSA) is 93.2 Å². The van der Waals surface area contributed by atoms with Crippen LogP contribution < -0.4 is 14.8 Å². The number of hydrogen-bond donors (Lipinski definition) is 2. The van der Waals surface area contributed by atoms with E-state index in [2.05, 4.69) is 14.7 Å². The van der Waals surface area contributed by atoms with Crippen molar-refractivity contribution in [2.75, 3.05) is 24.4 Å². The van der Waals surface area contributed by atoms with Gasteiger partial charge in [-0.05, 0) is 30.5 Å². The number of hydrogen-bond acceptors (Lipinski definition) is 7.